The van der Waals surface area contributed by atoms with Crippen LogP contribution in [0.2, 0.25) is 0 Å². The monoisotopic (exact) mass is 402 g/mol. The zero-order valence-electron chi connectivity index (χ0n) is 17.8. The molecule has 0 bridgehead atoms. The van der Waals surface area contributed by atoms with Gasteiger partial charge in [-0.1, -0.05) is 60.2 Å². The molecule has 30 heavy (non-hydrogen) atoms. The van der Waals surface area contributed by atoms with E-state index in [9.17, 15) is 4.79 Å². The molecule has 1 aliphatic rings. The number of carbonyl (C=O) groups is 1. The molecule has 2 aromatic carbocycles. The molecular formula is C26H30N2O2. The van der Waals surface area contributed by atoms with Gasteiger partial charge in [-0.2, -0.15) is 0 Å². The predicted octanol–water partition coefficient (Wildman–Crippen LogP) is 4.62. The Balaban J connectivity index is 1.46. The molecule has 4 heteroatoms. The van der Waals surface area contributed by atoms with Crippen molar-refractivity contribution < 1.29 is 9.53 Å². The van der Waals surface area contributed by atoms with E-state index in [2.05, 4.69) is 78.4 Å². The van der Waals surface area contributed by atoms with Gasteiger partial charge in [-0.25, -0.2) is 0 Å². The van der Waals surface area contributed by atoms with Crippen molar-refractivity contribution in [3.8, 4) is 0 Å². The summed E-state index contributed by atoms with van der Waals surface area (Å²) < 4.78 is 7.53. The van der Waals surface area contributed by atoms with E-state index >= 15 is 0 Å². The van der Waals surface area contributed by atoms with Crippen molar-refractivity contribution >= 4 is 5.91 Å². The molecule has 0 spiro atoms. The fraction of sp³-hybridized carbons (Fsp3) is 0.346. The van der Waals surface area contributed by atoms with Gasteiger partial charge in [0.25, 0.3) is 0 Å². The summed E-state index contributed by atoms with van der Waals surface area (Å²) in [7, 11) is 1.69. The highest BCUT2D eigenvalue weighted by Crippen LogP contribution is 2.48. The van der Waals surface area contributed by atoms with Crippen LogP contribution in [-0.2, 0) is 22.6 Å². The number of ether oxygens (including phenoxy) is 1. The Morgan fingerprint density at radius 1 is 1.10 bits per heavy atom. The van der Waals surface area contributed by atoms with Crippen LogP contribution in [0.5, 0.6) is 0 Å². The summed E-state index contributed by atoms with van der Waals surface area (Å²) in [6, 6.07) is 23.1. The topological polar surface area (TPSA) is 34.5 Å². The minimum absolute atomic E-state index is 0.0874. The van der Waals surface area contributed by atoms with E-state index in [-0.39, 0.29) is 11.8 Å². The van der Waals surface area contributed by atoms with Gasteiger partial charge in [0.05, 0.1) is 13.2 Å². The molecule has 1 aromatic heterocycles. The van der Waals surface area contributed by atoms with Crippen LogP contribution in [0.15, 0.2) is 72.9 Å². The number of hydrogen-bond donors (Lipinski definition) is 0. The number of aryl methyl sites for hydroxylation is 1. The lowest BCUT2D eigenvalue weighted by atomic mass is 10.1. The van der Waals surface area contributed by atoms with E-state index in [1.165, 1.54) is 16.7 Å². The smallest absolute Gasteiger partial charge is 0.226 e. The fourth-order valence-corrected chi connectivity index (χ4v) is 4.19. The Labute approximate surface area is 179 Å². The molecule has 0 saturated heterocycles. The number of methoxy groups -OCH3 is 1. The first-order valence-electron chi connectivity index (χ1n) is 10.7. The summed E-state index contributed by atoms with van der Waals surface area (Å²) in [6.07, 6.45) is 3.04. The Morgan fingerprint density at radius 2 is 1.93 bits per heavy atom. The summed E-state index contributed by atoms with van der Waals surface area (Å²) in [6.45, 7) is 4.70. The largest absolute Gasteiger partial charge is 0.383 e. The summed E-state index contributed by atoms with van der Waals surface area (Å²) in [4.78, 5) is 15.3. The van der Waals surface area contributed by atoms with Crippen molar-refractivity contribution in [2.45, 2.75) is 32.4 Å². The van der Waals surface area contributed by atoms with E-state index < -0.39 is 0 Å². The zero-order valence-corrected chi connectivity index (χ0v) is 17.8. The van der Waals surface area contributed by atoms with Gasteiger partial charge in [0.1, 0.15) is 0 Å². The van der Waals surface area contributed by atoms with Gasteiger partial charge in [-0.3, -0.25) is 4.79 Å². The normalized spacial score (nSPS) is 17.7. The molecule has 1 amide bonds. The summed E-state index contributed by atoms with van der Waals surface area (Å²) in [5.74, 6) is 0.677. The number of aromatic nitrogens is 1. The average Bonchev–Trinajstić information content (AvgIpc) is 3.45. The molecule has 1 aliphatic carbocycles. The number of amides is 1. The van der Waals surface area contributed by atoms with Crippen molar-refractivity contribution in [1.29, 1.82) is 0 Å². The molecular weight excluding hydrogens is 372 g/mol. The van der Waals surface area contributed by atoms with Gasteiger partial charge in [0, 0.05) is 38.0 Å². The van der Waals surface area contributed by atoms with Crippen LogP contribution in [0.3, 0.4) is 0 Å². The van der Waals surface area contributed by atoms with Gasteiger partial charge in [0.2, 0.25) is 5.91 Å². The average molecular weight is 403 g/mol. The first kappa shape index (κ1) is 20.4. The number of hydrogen-bond acceptors (Lipinski definition) is 2. The first-order chi connectivity index (χ1) is 14.7. The van der Waals surface area contributed by atoms with Crippen molar-refractivity contribution in [2.75, 3.05) is 20.3 Å². The Kier molecular flexibility index (Phi) is 6.34. The van der Waals surface area contributed by atoms with Crippen molar-refractivity contribution in [3.05, 3.63) is 95.3 Å². The molecule has 4 nitrogen and oxygen atoms in total. The molecule has 4 rings (SSSR count). The van der Waals surface area contributed by atoms with Crippen LogP contribution in [0.4, 0.5) is 0 Å². The van der Waals surface area contributed by atoms with E-state index in [0.29, 0.717) is 25.6 Å². The fourth-order valence-electron chi connectivity index (χ4n) is 4.19. The molecule has 0 radical (unpaired) electrons. The molecule has 1 fully saturated rings. The second kappa shape index (κ2) is 9.31. The van der Waals surface area contributed by atoms with E-state index in [1.807, 2.05) is 11.0 Å². The van der Waals surface area contributed by atoms with Crippen LogP contribution in [-0.4, -0.2) is 35.6 Å². The summed E-state index contributed by atoms with van der Waals surface area (Å²) in [5, 5.41) is 0. The van der Waals surface area contributed by atoms with Gasteiger partial charge in [-0.05, 0) is 42.5 Å². The number of nitrogens with zero attached hydrogens (tertiary/aromatic N) is 2. The highest BCUT2D eigenvalue weighted by Gasteiger charge is 2.45. The third kappa shape index (κ3) is 4.82. The highest BCUT2D eigenvalue weighted by atomic mass is 16.5. The Bertz CT molecular complexity index is 979. The standard InChI is InChI=1S/C26H30N2O2/c1-20-8-6-9-21(16-20)18-27-13-7-12-23(27)19-28(14-15-30-2)26(29)25-17-24(25)22-10-4-3-5-11-22/h3-13,16,24-25H,14-15,17-19H2,1-2H3. The van der Waals surface area contributed by atoms with E-state index in [4.69, 9.17) is 4.74 Å². The minimum Gasteiger partial charge on any atom is -0.383 e. The Hall–Kier alpha value is -2.85. The number of benzene rings is 2. The van der Waals surface area contributed by atoms with Gasteiger partial charge < -0.3 is 14.2 Å². The maximum absolute atomic E-state index is 13.3. The van der Waals surface area contributed by atoms with Crippen molar-refractivity contribution in [3.63, 3.8) is 0 Å². The van der Waals surface area contributed by atoms with Crippen LogP contribution in [0.25, 0.3) is 0 Å². The SMILES string of the molecule is COCCN(Cc1cccn1Cc1cccc(C)c1)C(=O)C1CC1c1ccccc1. The summed E-state index contributed by atoms with van der Waals surface area (Å²) in [5.41, 5.74) is 4.95. The maximum Gasteiger partial charge on any atom is 0.226 e. The molecule has 1 saturated carbocycles. The maximum atomic E-state index is 13.3. The third-order valence-electron chi connectivity index (χ3n) is 5.92. The lowest BCUT2D eigenvalue weighted by Crippen LogP contribution is -2.35. The minimum atomic E-state index is 0.0874. The molecule has 0 aliphatic heterocycles. The molecule has 2 unspecified atom stereocenters. The van der Waals surface area contributed by atoms with E-state index in [0.717, 1.165) is 18.7 Å². The van der Waals surface area contributed by atoms with Crippen LogP contribution in [0, 0.1) is 12.8 Å². The van der Waals surface area contributed by atoms with Gasteiger partial charge in [0.15, 0.2) is 0 Å². The number of carbonyl (C=O) groups excluding carboxylic acids is 1. The van der Waals surface area contributed by atoms with Crippen LogP contribution in [0.1, 0.15) is 34.7 Å². The molecule has 3 aromatic rings. The predicted molar refractivity (Wildman–Crippen MR) is 119 cm³/mol. The highest BCUT2D eigenvalue weighted by molar-refractivity contribution is 5.83. The first-order valence-corrected chi connectivity index (χ1v) is 10.7. The Morgan fingerprint density at radius 3 is 2.70 bits per heavy atom. The van der Waals surface area contributed by atoms with Gasteiger partial charge >= 0.3 is 0 Å². The van der Waals surface area contributed by atoms with Gasteiger partial charge in [-0.15, -0.1) is 0 Å². The summed E-state index contributed by atoms with van der Waals surface area (Å²) >= 11 is 0. The second-order valence-corrected chi connectivity index (χ2v) is 8.23. The van der Waals surface area contributed by atoms with Crippen LogP contribution >= 0.6 is 0 Å². The van der Waals surface area contributed by atoms with E-state index in [1.54, 1.807) is 7.11 Å². The van der Waals surface area contributed by atoms with Crippen molar-refractivity contribution in [2.24, 2.45) is 5.92 Å². The lowest BCUT2D eigenvalue weighted by molar-refractivity contribution is -0.134. The molecule has 2 atom stereocenters. The van der Waals surface area contributed by atoms with Crippen molar-refractivity contribution in [1.82, 2.24) is 9.47 Å². The third-order valence-corrected chi connectivity index (χ3v) is 5.92. The second-order valence-electron chi connectivity index (χ2n) is 8.23. The molecule has 156 valence electrons. The van der Waals surface area contributed by atoms with Crippen LogP contribution < -0.4 is 0 Å². The molecule has 1 heterocycles. The number of rotatable bonds is 9. The lowest BCUT2D eigenvalue weighted by Gasteiger charge is -2.24. The zero-order chi connectivity index (χ0) is 20.9. The quantitative estimate of drug-likeness (QED) is 0.523. The molecule has 0 N–H and O–H groups in total.